The molecule has 4 heteroatoms. The van der Waals surface area contributed by atoms with Crippen molar-refractivity contribution in [1.29, 1.82) is 5.26 Å². The molecule has 0 spiro atoms. The van der Waals surface area contributed by atoms with Crippen LogP contribution in [0.15, 0.2) is 78.4 Å². The molecule has 0 aliphatic rings. The zero-order valence-corrected chi connectivity index (χ0v) is 18.2. The van der Waals surface area contributed by atoms with Crippen molar-refractivity contribution in [3.8, 4) is 6.07 Å². The van der Waals surface area contributed by atoms with Crippen molar-refractivity contribution in [2.75, 3.05) is 16.8 Å². The van der Waals surface area contributed by atoms with Crippen molar-refractivity contribution in [3.63, 3.8) is 0 Å². The number of benzene rings is 3. The second kappa shape index (κ2) is 10.3. The van der Waals surface area contributed by atoms with E-state index < -0.39 is 5.91 Å². The van der Waals surface area contributed by atoms with E-state index in [-0.39, 0.29) is 5.57 Å². The summed E-state index contributed by atoms with van der Waals surface area (Å²) in [7, 11) is 0. The van der Waals surface area contributed by atoms with Gasteiger partial charge in [0, 0.05) is 24.5 Å². The van der Waals surface area contributed by atoms with E-state index in [1.54, 1.807) is 6.08 Å². The van der Waals surface area contributed by atoms with Crippen LogP contribution in [0, 0.1) is 25.2 Å². The molecule has 0 aromatic heterocycles. The van der Waals surface area contributed by atoms with Crippen molar-refractivity contribution >= 4 is 23.4 Å². The number of nitrogens with zero attached hydrogens (tertiary/aromatic N) is 2. The van der Waals surface area contributed by atoms with E-state index in [0.717, 1.165) is 35.5 Å². The van der Waals surface area contributed by atoms with Crippen molar-refractivity contribution in [2.24, 2.45) is 0 Å². The van der Waals surface area contributed by atoms with Crippen molar-refractivity contribution in [1.82, 2.24) is 0 Å². The third-order valence-electron chi connectivity index (χ3n) is 5.16. The highest BCUT2D eigenvalue weighted by Crippen LogP contribution is 2.20. The third-order valence-corrected chi connectivity index (χ3v) is 5.16. The molecule has 1 N–H and O–H groups in total. The number of hydrogen-bond donors (Lipinski definition) is 1. The largest absolute Gasteiger partial charge is 0.367 e. The van der Waals surface area contributed by atoms with E-state index in [0.29, 0.717) is 5.69 Å². The second-order valence-corrected chi connectivity index (χ2v) is 7.53. The molecule has 3 aromatic rings. The van der Waals surface area contributed by atoms with Crippen LogP contribution in [0.1, 0.15) is 29.2 Å². The first-order valence-corrected chi connectivity index (χ1v) is 10.4. The maximum Gasteiger partial charge on any atom is 0.266 e. The van der Waals surface area contributed by atoms with Crippen LogP contribution < -0.4 is 10.2 Å². The number of nitriles is 1. The van der Waals surface area contributed by atoms with E-state index in [1.807, 2.05) is 80.6 Å². The fraction of sp³-hybridized carbons (Fsp3) is 0.185. The average molecular weight is 410 g/mol. The molecule has 31 heavy (non-hydrogen) atoms. The molecular weight excluding hydrogens is 382 g/mol. The first-order chi connectivity index (χ1) is 15.0. The molecule has 0 aliphatic carbocycles. The van der Waals surface area contributed by atoms with Gasteiger partial charge in [0.25, 0.3) is 5.91 Å². The summed E-state index contributed by atoms with van der Waals surface area (Å²) in [5, 5.41) is 12.3. The summed E-state index contributed by atoms with van der Waals surface area (Å²) < 4.78 is 0. The molecule has 0 heterocycles. The Labute approximate surface area is 184 Å². The lowest BCUT2D eigenvalue weighted by atomic mass is 10.1. The molecule has 0 atom stereocenters. The van der Waals surface area contributed by atoms with Gasteiger partial charge in [-0.1, -0.05) is 60.2 Å². The quantitative estimate of drug-likeness (QED) is 0.392. The number of rotatable bonds is 7. The summed E-state index contributed by atoms with van der Waals surface area (Å²) in [5.41, 5.74) is 6.04. The summed E-state index contributed by atoms with van der Waals surface area (Å²) in [6.07, 6.45) is 1.62. The Bertz CT molecular complexity index is 1110. The summed E-state index contributed by atoms with van der Waals surface area (Å²) in [6.45, 7) is 7.77. The zero-order valence-electron chi connectivity index (χ0n) is 18.2. The maximum absolute atomic E-state index is 12.6. The lowest BCUT2D eigenvalue weighted by Crippen LogP contribution is -2.21. The Balaban J connectivity index is 1.73. The Kier molecular flexibility index (Phi) is 7.24. The van der Waals surface area contributed by atoms with Crippen LogP contribution in [-0.4, -0.2) is 12.5 Å². The van der Waals surface area contributed by atoms with Gasteiger partial charge in [-0.25, -0.2) is 0 Å². The van der Waals surface area contributed by atoms with Gasteiger partial charge in [-0.2, -0.15) is 5.26 Å². The molecule has 4 nitrogen and oxygen atoms in total. The number of amides is 1. The molecule has 0 aliphatic heterocycles. The smallest absolute Gasteiger partial charge is 0.266 e. The Morgan fingerprint density at radius 3 is 2.35 bits per heavy atom. The van der Waals surface area contributed by atoms with Crippen molar-refractivity contribution < 1.29 is 4.79 Å². The Morgan fingerprint density at radius 2 is 1.74 bits per heavy atom. The monoisotopic (exact) mass is 409 g/mol. The first kappa shape index (κ1) is 21.9. The van der Waals surface area contributed by atoms with Crippen LogP contribution in [-0.2, 0) is 11.3 Å². The highest BCUT2D eigenvalue weighted by atomic mass is 16.1. The van der Waals surface area contributed by atoms with Crippen LogP contribution in [0.2, 0.25) is 0 Å². The normalized spacial score (nSPS) is 11.0. The number of hydrogen-bond acceptors (Lipinski definition) is 3. The number of nitrogens with one attached hydrogen (secondary N) is 1. The fourth-order valence-corrected chi connectivity index (χ4v) is 3.43. The second-order valence-electron chi connectivity index (χ2n) is 7.53. The molecule has 3 rings (SSSR count). The van der Waals surface area contributed by atoms with Gasteiger partial charge in [-0.05, 0) is 61.7 Å². The summed E-state index contributed by atoms with van der Waals surface area (Å²) in [6, 6.07) is 26.1. The highest BCUT2D eigenvalue weighted by molar-refractivity contribution is 6.10. The van der Waals surface area contributed by atoms with E-state index in [4.69, 9.17) is 0 Å². The Hall–Kier alpha value is -3.84. The lowest BCUT2D eigenvalue weighted by Gasteiger charge is -2.23. The van der Waals surface area contributed by atoms with E-state index in [1.165, 1.54) is 5.56 Å². The molecule has 0 saturated heterocycles. The van der Waals surface area contributed by atoms with Gasteiger partial charge in [-0.15, -0.1) is 0 Å². The molecule has 0 bridgehead atoms. The predicted molar refractivity (Wildman–Crippen MR) is 128 cm³/mol. The van der Waals surface area contributed by atoms with E-state index in [2.05, 4.69) is 29.3 Å². The molecule has 0 unspecified atom stereocenters. The molecular formula is C27H27N3O. The van der Waals surface area contributed by atoms with Crippen molar-refractivity contribution in [3.05, 3.63) is 101 Å². The molecule has 0 fully saturated rings. The van der Waals surface area contributed by atoms with Crippen LogP contribution in [0.5, 0.6) is 0 Å². The SMILES string of the molecule is CCN(Cc1ccccc1)c1ccc(/C=C(\C#N)C(=O)Nc2ccc(C)cc2C)cc1. The topological polar surface area (TPSA) is 56.1 Å². The molecule has 0 radical (unpaired) electrons. The Morgan fingerprint density at radius 1 is 1.03 bits per heavy atom. The number of carbonyl (C=O) groups is 1. The van der Waals surface area contributed by atoms with Crippen LogP contribution >= 0.6 is 0 Å². The maximum atomic E-state index is 12.6. The van der Waals surface area contributed by atoms with Gasteiger partial charge in [0.05, 0.1) is 0 Å². The van der Waals surface area contributed by atoms with Gasteiger partial charge >= 0.3 is 0 Å². The van der Waals surface area contributed by atoms with Crippen LogP contribution in [0.3, 0.4) is 0 Å². The number of aryl methyl sites for hydroxylation is 2. The van der Waals surface area contributed by atoms with Crippen molar-refractivity contribution in [2.45, 2.75) is 27.3 Å². The highest BCUT2D eigenvalue weighted by Gasteiger charge is 2.11. The average Bonchev–Trinajstić information content (AvgIpc) is 2.79. The van der Waals surface area contributed by atoms with E-state index >= 15 is 0 Å². The van der Waals surface area contributed by atoms with Crippen LogP contribution in [0.25, 0.3) is 6.08 Å². The molecule has 3 aromatic carbocycles. The van der Waals surface area contributed by atoms with E-state index in [9.17, 15) is 10.1 Å². The standard InChI is InChI=1S/C27H27N3O/c1-4-30(19-23-8-6-5-7-9-23)25-13-11-22(12-14-25)17-24(18-28)27(31)29-26-15-10-20(2)16-21(26)3/h5-17H,4,19H2,1-3H3,(H,29,31)/b24-17+. The minimum absolute atomic E-state index is 0.0735. The molecule has 1 amide bonds. The number of carbonyl (C=O) groups excluding carboxylic acids is 1. The van der Waals surface area contributed by atoms with Gasteiger partial charge in [0.1, 0.15) is 11.6 Å². The van der Waals surface area contributed by atoms with Gasteiger partial charge in [-0.3, -0.25) is 4.79 Å². The fourth-order valence-electron chi connectivity index (χ4n) is 3.43. The van der Waals surface area contributed by atoms with Gasteiger partial charge in [0.2, 0.25) is 0 Å². The van der Waals surface area contributed by atoms with Crippen LogP contribution in [0.4, 0.5) is 11.4 Å². The summed E-state index contributed by atoms with van der Waals surface area (Å²) in [5.74, 6) is -0.405. The first-order valence-electron chi connectivity index (χ1n) is 10.4. The third kappa shape index (κ3) is 5.83. The summed E-state index contributed by atoms with van der Waals surface area (Å²) >= 11 is 0. The van der Waals surface area contributed by atoms with Gasteiger partial charge in [0.15, 0.2) is 0 Å². The zero-order chi connectivity index (χ0) is 22.2. The molecule has 0 saturated carbocycles. The summed E-state index contributed by atoms with van der Waals surface area (Å²) in [4.78, 5) is 14.9. The lowest BCUT2D eigenvalue weighted by molar-refractivity contribution is -0.112. The number of anilines is 2. The minimum Gasteiger partial charge on any atom is -0.367 e. The molecule has 156 valence electrons. The van der Waals surface area contributed by atoms with Gasteiger partial charge < -0.3 is 10.2 Å². The predicted octanol–water partition coefficient (Wildman–Crippen LogP) is 5.88. The minimum atomic E-state index is -0.405.